The number of aliphatic hydroxyl groups is 1. The highest BCUT2D eigenvalue weighted by atomic mass is 31.2. The van der Waals surface area contributed by atoms with Gasteiger partial charge in [-0.2, -0.15) is 4.98 Å². The number of nitrogen functional groups attached to an aromatic ring is 1. The molecule has 24 heteroatoms. The number of ether oxygens (including phenoxy) is 2. The van der Waals surface area contributed by atoms with Crippen LogP contribution in [-0.2, 0) is 41.3 Å². The summed E-state index contributed by atoms with van der Waals surface area (Å²) in [5.74, 6) is -0.0657. The topological polar surface area (TPSA) is 292 Å². The summed E-state index contributed by atoms with van der Waals surface area (Å²) >= 11 is 0. The molecule has 0 bridgehead atoms. The summed E-state index contributed by atoms with van der Waals surface area (Å²) in [4.78, 5) is 56.5. The van der Waals surface area contributed by atoms with Gasteiger partial charge < -0.3 is 44.1 Å². The van der Waals surface area contributed by atoms with Crippen LogP contribution in [0.5, 0.6) is 0 Å². The summed E-state index contributed by atoms with van der Waals surface area (Å²) in [6.45, 7) is -1.19. The second kappa shape index (κ2) is 13.1. The Morgan fingerprint density at radius 1 is 1.21 bits per heavy atom. The van der Waals surface area contributed by atoms with Crippen LogP contribution in [0.1, 0.15) is 18.9 Å². The van der Waals surface area contributed by atoms with Crippen LogP contribution in [0.15, 0.2) is 34.5 Å². The SMILES string of the molecule is Nc1ccn([C@H]2OC(CO[PH](=O)O[C@@H]3CC(n4cnc5c(=O)[nH]cnc54)O[C@H]3COP(=O)(O)O)[C@H](OP=O)[C@@H]2O)c(=O)n1. The number of aromatic amines is 1. The molecule has 5 heterocycles. The maximum absolute atomic E-state index is 12.9. The lowest BCUT2D eigenvalue weighted by atomic mass is 10.1. The molecule has 0 radical (unpaired) electrons. The molecule has 3 unspecified atom stereocenters. The van der Waals surface area contributed by atoms with Gasteiger partial charge >= 0.3 is 30.5 Å². The van der Waals surface area contributed by atoms with Crippen molar-refractivity contribution in [3.63, 3.8) is 0 Å². The van der Waals surface area contributed by atoms with Crippen LogP contribution < -0.4 is 17.0 Å². The number of aliphatic hydroxyl groups excluding tert-OH is 1. The van der Waals surface area contributed by atoms with Crippen molar-refractivity contribution in [2.75, 3.05) is 18.9 Å². The van der Waals surface area contributed by atoms with Gasteiger partial charge in [-0.15, -0.1) is 0 Å². The third-order valence-electron chi connectivity index (χ3n) is 6.48. The third kappa shape index (κ3) is 7.15. The van der Waals surface area contributed by atoms with Crippen LogP contribution in [0.4, 0.5) is 5.82 Å². The van der Waals surface area contributed by atoms with Crippen molar-refractivity contribution in [2.24, 2.45) is 0 Å². The van der Waals surface area contributed by atoms with Crippen LogP contribution in [0.25, 0.3) is 11.2 Å². The first-order chi connectivity index (χ1) is 20.4. The molecular weight excluding hydrogens is 643 g/mol. The minimum Gasteiger partial charge on any atom is -0.386 e. The molecule has 0 spiro atoms. The summed E-state index contributed by atoms with van der Waals surface area (Å²) in [7, 11) is -9.14. The fourth-order valence-electron chi connectivity index (χ4n) is 4.58. The quantitative estimate of drug-likeness (QED) is 0.145. The van der Waals surface area contributed by atoms with E-state index in [0.717, 1.165) is 10.9 Å². The number of phosphoric acid groups is 1. The number of hydrogen-bond acceptors (Lipinski definition) is 16. The fourth-order valence-corrected chi connectivity index (χ4v) is 6.14. The number of nitrogens with one attached hydrogen (secondary N) is 1. The molecule has 3 aromatic heterocycles. The van der Waals surface area contributed by atoms with E-state index in [9.17, 15) is 28.4 Å². The van der Waals surface area contributed by atoms with Crippen molar-refractivity contribution in [2.45, 2.75) is 49.4 Å². The average Bonchev–Trinajstić information content (AvgIpc) is 3.63. The number of anilines is 1. The number of imidazole rings is 1. The van der Waals surface area contributed by atoms with Crippen LogP contribution >= 0.6 is 24.8 Å². The molecule has 6 N–H and O–H groups in total. The summed E-state index contributed by atoms with van der Waals surface area (Å²) < 4.78 is 69.5. The number of fused-ring (bicyclic) bond motifs is 1. The summed E-state index contributed by atoms with van der Waals surface area (Å²) in [5, 5.41) is 10.7. The number of hydrogen-bond donors (Lipinski definition) is 5. The highest BCUT2D eigenvalue weighted by Crippen LogP contribution is 2.42. The summed E-state index contributed by atoms with van der Waals surface area (Å²) in [6.07, 6.45) is -4.92. The van der Waals surface area contributed by atoms with Gasteiger partial charge in [0, 0.05) is 12.6 Å². The smallest absolute Gasteiger partial charge is 0.386 e. The predicted octanol–water partition coefficient (Wildman–Crippen LogP) is -1.00. The Balaban J connectivity index is 1.27. The van der Waals surface area contributed by atoms with Crippen LogP contribution in [0, 0.1) is 0 Å². The first kappa shape index (κ1) is 31.6. The van der Waals surface area contributed by atoms with Crippen molar-refractivity contribution in [3.8, 4) is 0 Å². The molecule has 0 aliphatic carbocycles. The van der Waals surface area contributed by atoms with E-state index >= 15 is 0 Å². The van der Waals surface area contributed by atoms with E-state index in [1.165, 1.54) is 23.2 Å². The van der Waals surface area contributed by atoms with E-state index in [0.29, 0.717) is 0 Å². The van der Waals surface area contributed by atoms with Gasteiger partial charge in [0.05, 0.1) is 32.0 Å². The molecule has 2 saturated heterocycles. The Hall–Kier alpha value is -2.77. The predicted molar refractivity (Wildman–Crippen MR) is 140 cm³/mol. The number of nitrogens with two attached hydrogens (primary N) is 1. The van der Waals surface area contributed by atoms with Gasteiger partial charge in [-0.3, -0.25) is 27.5 Å². The molecule has 3 aromatic rings. The Morgan fingerprint density at radius 2 is 2.00 bits per heavy atom. The number of phosphoric ester groups is 1. The van der Waals surface area contributed by atoms with E-state index in [-0.39, 0.29) is 23.4 Å². The second-order valence-corrected chi connectivity index (χ2v) is 11.8. The van der Waals surface area contributed by atoms with Crippen LogP contribution in [0.2, 0.25) is 0 Å². The monoisotopic (exact) mass is 667 g/mol. The highest BCUT2D eigenvalue weighted by Gasteiger charge is 2.47. The van der Waals surface area contributed by atoms with Crippen molar-refractivity contribution < 1.29 is 56.2 Å². The minimum atomic E-state index is -4.92. The molecule has 234 valence electrons. The lowest BCUT2D eigenvalue weighted by molar-refractivity contribution is -0.0544. The molecule has 0 amide bonds. The van der Waals surface area contributed by atoms with Gasteiger partial charge in [-0.25, -0.2) is 23.9 Å². The van der Waals surface area contributed by atoms with E-state index in [1.807, 2.05) is 0 Å². The molecule has 2 aliphatic heterocycles. The molecule has 0 aromatic carbocycles. The van der Waals surface area contributed by atoms with Crippen LogP contribution in [-0.4, -0.2) is 87.7 Å². The summed E-state index contributed by atoms with van der Waals surface area (Å²) in [6, 6.07) is 1.29. The van der Waals surface area contributed by atoms with Gasteiger partial charge in [0.2, 0.25) is 0 Å². The molecule has 8 atom stereocenters. The molecule has 0 saturated carbocycles. The third-order valence-corrected chi connectivity index (χ3v) is 8.19. The Labute approximate surface area is 241 Å². The van der Waals surface area contributed by atoms with Crippen molar-refractivity contribution in [1.82, 2.24) is 29.1 Å². The second-order valence-electron chi connectivity index (χ2n) is 9.17. The maximum Gasteiger partial charge on any atom is 0.469 e. The van der Waals surface area contributed by atoms with Gasteiger partial charge in [-0.05, 0) is 6.07 Å². The minimum absolute atomic E-state index is 0.0127. The van der Waals surface area contributed by atoms with Gasteiger partial charge in [0.1, 0.15) is 36.5 Å². The van der Waals surface area contributed by atoms with Crippen molar-refractivity contribution in [3.05, 3.63) is 45.8 Å². The summed E-state index contributed by atoms with van der Waals surface area (Å²) in [5.41, 5.74) is 4.31. The Bertz CT molecular complexity index is 1660. The van der Waals surface area contributed by atoms with E-state index in [1.54, 1.807) is 0 Å². The Kier molecular flexibility index (Phi) is 9.62. The van der Waals surface area contributed by atoms with E-state index < -0.39 is 92.2 Å². The number of rotatable bonds is 12. The maximum atomic E-state index is 12.9. The zero-order chi connectivity index (χ0) is 30.9. The van der Waals surface area contributed by atoms with E-state index in [4.69, 9.17) is 38.6 Å². The lowest BCUT2D eigenvalue weighted by Crippen LogP contribution is -2.36. The van der Waals surface area contributed by atoms with Crippen LogP contribution in [0.3, 0.4) is 0 Å². The largest absolute Gasteiger partial charge is 0.469 e. The molecule has 5 rings (SSSR count). The Morgan fingerprint density at radius 3 is 2.72 bits per heavy atom. The zero-order valence-electron chi connectivity index (χ0n) is 21.5. The molecule has 2 aliphatic rings. The zero-order valence-corrected chi connectivity index (χ0v) is 24.3. The van der Waals surface area contributed by atoms with Gasteiger partial charge in [0.15, 0.2) is 17.4 Å². The fraction of sp³-hybridized carbons (Fsp3) is 0.526. The van der Waals surface area contributed by atoms with Crippen molar-refractivity contribution in [1.29, 1.82) is 0 Å². The van der Waals surface area contributed by atoms with Gasteiger partial charge in [0.25, 0.3) is 5.56 Å². The first-order valence-electron chi connectivity index (χ1n) is 12.2. The highest BCUT2D eigenvalue weighted by molar-refractivity contribution is 7.46. The van der Waals surface area contributed by atoms with Crippen molar-refractivity contribution >= 4 is 41.7 Å². The lowest BCUT2D eigenvalue weighted by Gasteiger charge is -2.20. The number of H-pyrrole nitrogens is 1. The molecule has 21 nitrogen and oxygen atoms in total. The molecule has 2 fully saturated rings. The molecule has 43 heavy (non-hydrogen) atoms. The molecular formula is C19H24N7O14P3. The van der Waals surface area contributed by atoms with E-state index in [2.05, 4.69) is 24.5 Å². The average molecular weight is 667 g/mol. The number of nitrogens with zero attached hydrogens (tertiary/aromatic N) is 5. The standard InChI is InChI=1S/C19H24N7O14P3/c20-11-1-2-25(19(29)24-11)18-14(27)15(39-41-30)10(38-18)4-35-42(31)40-8-3-12(37-9(8)5-36-43(32,33)34)26-7-23-13-16(26)21-6-22-17(13)28/h1-2,6-10,12,14-15,18,27,42H,3-5H2,(H2,20,24,29)(H,21,22,28)(H2,32,33,34)/t8-,9+,10?,12?,14+,15+,18+/m1/s1. The first-order valence-corrected chi connectivity index (χ1v) is 15.7. The number of aromatic nitrogens is 6. The van der Waals surface area contributed by atoms with Gasteiger partial charge in [-0.1, -0.05) is 0 Å². The normalized spacial score (nSPS) is 28.6.